The zero-order valence-corrected chi connectivity index (χ0v) is 13.7. The number of ether oxygens (including phenoxy) is 1. The monoisotopic (exact) mass is 323 g/mol. The first kappa shape index (κ1) is 16.2. The van der Waals surface area contributed by atoms with Crippen LogP contribution >= 0.6 is 23.2 Å². The van der Waals surface area contributed by atoms with Crippen molar-refractivity contribution in [3.8, 4) is 5.75 Å². The molecule has 0 aliphatic carbocycles. The Morgan fingerprint density at radius 1 is 1.05 bits per heavy atom. The van der Waals surface area contributed by atoms with E-state index in [-0.39, 0.29) is 6.04 Å². The summed E-state index contributed by atoms with van der Waals surface area (Å²) in [6.45, 7) is 2.96. The summed E-state index contributed by atoms with van der Waals surface area (Å²) in [5, 5.41) is 4.90. The molecule has 1 N–H and O–H groups in total. The summed E-state index contributed by atoms with van der Waals surface area (Å²) in [6, 6.07) is 13.8. The second kappa shape index (κ2) is 7.69. The smallest absolute Gasteiger partial charge is 0.118 e. The van der Waals surface area contributed by atoms with Crippen molar-refractivity contribution in [2.45, 2.75) is 19.4 Å². The minimum absolute atomic E-state index is 0.165. The minimum Gasteiger partial charge on any atom is -0.497 e. The predicted octanol–water partition coefficient (Wildman–Crippen LogP) is 4.90. The van der Waals surface area contributed by atoms with Gasteiger partial charge < -0.3 is 10.1 Å². The van der Waals surface area contributed by atoms with Crippen molar-refractivity contribution in [2.75, 3.05) is 13.7 Å². The number of halogens is 2. The molecule has 0 aromatic heterocycles. The van der Waals surface area contributed by atoms with Crippen LogP contribution in [0.3, 0.4) is 0 Å². The van der Waals surface area contributed by atoms with Crippen LogP contribution in [0.15, 0.2) is 42.5 Å². The SMILES string of the molecule is CCNC(Cc1c(Cl)cccc1Cl)c1ccc(OC)cc1. The Bertz CT molecular complexity index is 564. The molecule has 2 aromatic rings. The van der Waals surface area contributed by atoms with Crippen molar-refractivity contribution in [2.24, 2.45) is 0 Å². The fourth-order valence-corrected chi connectivity index (χ4v) is 2.87. The molecular formula is C17H19Cl2NO. The standard InChI is InChI=1S/C17H19Cl2NO/c1-3-20-17(12-7-9-13(21-2)10-8-12)11-14-15(18)5-4-6-16(14)19/h4-10,17,20H,3,11H2,1-2H3. The quantitative estimate of drug-likeness (QED) is 0.816. The van der Waals surface area contributed by atoms with E-state index in [1.54, 1.807) is 7.11 Å². The van der Waals surface area contributed by atoms with E-state index in [0.717, 1.165) is 24.3 Å². The lowest BCUT2D eigenvalue weighted by molar-refractivity contribution is 0.414. The summed E-state index contributed by atoms with van der Waals surface area (Å²) >= 11 is 12.6. The Kier molecular flexibility index (Phi) is 5.92. The minimum atomic E-state index is 0.165. The van der Waals surface area contributed by atoms with E-state index in [0.29, 0.717) is 10.0 Å². The second-order valence-electron chi connectivity index (χ2n) is 4.79. The highest BCUT2D eigenvalue weighted by Crippen LogP contribution is 2.29. The predicted molar refractivity (Wildman–Crippen MR) is 89.6 cm³/mol. The van der Waals surface area contributed by atoms with Crippen LogP contribution in [-0.4, -0.2) is 13.7 Å². The van der Waals surface area contributed by atoms with Gasteiger partial charge in [0.15, 0.2) is 0 Å². The molecule has 0 bridgehead atoms. The normalized spacial score (nSPS) is 12.2. The van der Waals surface area contributed by atoms with Crippen molar-refractivity contribution in [1.82, 2.24) is 5.32 Å². The molecule has 0 aliphatic heterocycles. The van der Waals surface area contributed by atoms with Crippen LogP contribution in [0.5, 0.6) is 5.75 Å². The Balaban J connectivity index is 2.26. The van der Waals surface area contributed by atoms with Crippen LogP contribution in [0, 0.1) is 0 Å². The Hall–Kier alpha value is -1.22. The van der Waals surface area contributed by atoms with E-state index in [2.05, 4.69) is 24.4 Å². The van der Waals surface area contributed by atoms with Crippen molar-refractivity contribution in [3.05, 3.63) is 63.6 Å². The molecule has 0 saturated heterocycles. The molecule has 4 heteroatoms. The van der Waals surface area contributed by atoms with Gasteiger partial charge in [0, 0.05) is 16.1 Å². The van der Waals surface area contributed by atoms with Gasteiger partial charge >= 0.3 is 0 Å². The average Bonchev–Trinajstić information content (AvgIpc) is 2.50. The summed E-state index contributed by atoms with van der Waals surface area (Å²) in [5.41, 5.74) is 2.16. The van der Waals surface area contributed by atoms with Crippen molar-refractivity contribution in [1.29, 1.82) is 0 Å². The lowest BCUT2D eigenvalue weighted by atomic mass is 9.98. The number of nitrogens with one attached hydrogen (secondary N) is 1. The van der Waals surface area contributed by atoms with Crippen molar-refractivity contribution >= 4 is 23.2 Å². The number of likely N-dealkylation sites (N-methyl/N-ethyl adjacent to an activating group) is 1. The van der Waals surface area contributed by atoms with Crippen LogP contribution < -0.4 is 10.1 Å². The van der Waals surface area contributed by atoms with E-state index >= 15 is 0 Å². The van der Waals surface area contributed by atoms with E-state index in [1.807, 2.05) is 30.3 Å². The highest BCUT2D eigenvalue weighted by molar-refractivity contribution is 6.36. The first-order chi connectivity index (χ1) is 10.2. The highest BCUT2D eigenvalue weighted by atomic mass is 35.5. The summed E-state index contributed by atoms with van der Waals surface area (Å²) in [5.74, 6) is 0.852. The summed E-state index contributed by atoms with van der Waals surface area (Å²) in [7, 11) is 1.67. The molecule has 0 saturated carbocycles. The van der Waals surface area contributed by atoms with E-state index in [4.69, 9.17) is 27.9 Å². The maximum atomic E-state index is 6.28. The van der Waals surface area contributed by atoms with Crippen molar-refractivity contribution in [3.63, 3.8) is 0 Å². The molecule has 2 nitrogen and oxygen atoms in total. The Morgan fingerprint density at radius 3 is 2.19 bits per heavy atom. The molecule has 1 unspecified atom stereocenters. The third-order valence-corrected chi connectivity index (χ3v) is 4.15. The number of hydrogen-bond donors (Lipinski definition) is 1. The lowest BCUT2D eigenvalue weighted by Gasteiger charge is -2.20. The topological polar surface area (TPSA) is 21.3 Å². The fraction of sp³-hybridized carbons (Fsp3) is 0.294. The molecule has 112 valence electrons. The van der Waals surface area contributed by atoms with Crippen molar-refractivity contribution < 1.29 is 4.74 Å². The highest BCUT2D eigenvalue weighted by Gasteiger charge is 2.15. The zero-order chi connectivity index (χ0) is 15.2. The molecule has 1 atom stereocenters. The number of hydrogen-bond acceptors (Lipinski definition) is 2. The average molecular weight is 324 g/mol. The molecule has 2 rings (SSSR count). The largest absolute Gasteiger partial charge is 0.497 e. The van der Waals surface area contributed by atoms with Gasteiger partial charge in [-0.1, -0.05) is 48.3 Å². The Morgan fingerprint density at radius 2 is 1.67 bits per heavy atom. The van der Waals surface area contributed by atoms with Gasteiger partial charge in [-0.3, -0.25) is 0 Å². The summed E-state index contributed by atoms with van der Waals surface area (Å²) in [4.78, 5) is 0. The van der Waals surface area contributed by atoms with E-state index in [9.17, 15) is 0 Å². The molecule has 0 aliphatic rings. The third-order valence-electron chi connectivity index (χ3n) is 3.44. The van der Waals surface area contributed by atoms with Gasteiger partial charge in [0.2, 0.25) is 0 Å². The van der Waals surface area contributed by atoms with E-state index < -0.39 is 0 Å². The maximum Gasteiger partial charge on any atom is 0.118 e. The van der Waals surface area contributed by atoms with Gasteiger partial charge in [-0.25, -0.2) is 0 Å². The van der Waals surface area contributed by atoms with Crippen LogP contribution in [0.4, 0.5) is 0 Å². The second-order valence-corrected chi connectivity index (χ2v) is 5.60. The molecule has 0 radical (unpaired) electrons. The maximum absolute atomic E-state index is 6.28. The number of rotatable bonds is 6. The van der Waals surface area contributed by atoms with Gasteiger partial charge in [0.05, 0.1) is 7.11 Å². The number of benzene rings is 2. The fourth-order valence-electron chi connectivity index (χ4n) is 2.32. The third kappa shape index (κ3) is 4.13. The zero-order valence-electron chi connectivity index (χ0n) is 12.2. The molecule has 0 fully saturated rings. The van der Waals surface area contributed by atoms with Gasteiger partial charge in [-0.05, 0) is 48.4 Å². The van der Waals surface area contributed by atoms with Crippen LogP contribution in [0.1, 0.15) is 24.1 Å². The molecular weight excluding hydrogens is 305 g/mol. The molecule has 0 heterocycles. The molecule has 21 heavy (non-hydrogen) atoms. The number of methoxy groups -OCH3 is 1. The Labute approximate surface area is 136 Å². The van der Waals surface area contributed by atoms with Gasteiger partial charge in [-0.15, -0.1) is 0 Å². The van der Waals surface area contributed by atoms with Gasteiger partial charge in [0.1, 0.15) is 5.75 Å². The first-order valence-electron chi connectivity index (χ1n) is 6.96. The molecule has 0 amide bonds. The van der Waals surface area contributed by atoms with Crippen LogP contribution in [0.25, 0.3) is 0 Å². The van der Waals surface area contributed by atoms with Crippen LogP contribution in [-0.2, 0) is 6.42 Å². The molecule has 0 spiro atoms. The van der Waals surface area contributed by atoms with E-state index in [1.165, 1.54) is 5.56 Å². The van der Waals surface area contributed by atoms with Crippen LogP contribution in [0.2, 0.25) is 10.0 Å². The lowest BCUT2D eigenvalue weighted by Crippen LogP contribution is -2.23. The first-order valence-corrected chi connectivity index (χ1v) is 7.71. The summed E-state index contributed by atoms with van der Waals surface area (Å²) < 4.78 is 5.20. The van der Waals surface area contributed by atoms with Gasteiger partial charge in [0.25, 0.3) is 0 Å². The van der Waals surface area contributed by atoms with Gasteiger partial charge in [-0.2, -0.15) is 0 Å². The molecule has 2 aromatic carbocycles. The summed E-state index contributed by atoms with van der Waals surface area (Å²) in [6.07, 6.45) is 0.749.